The van der Waals surface area contributed by atoms with Crippen LogP contribution in [0.5, 0.6) is 0 Å². The minimum absolute atomic E-state index is 0.167. The van der Waals surface area contributed by atoms with E-state index in [0.29, 0.717) is 12.1 Å². The zero-order valence-corrected chi connectivity index (χ0v) is 10.5. The summed E-state index contributed by atoms with van der Waals surface area (Å²) in [7, 11) is 0. The van der Waals surface area contributed by atoms with E-state index in [1.54, 1.807) is 13.8 Å². The number of nitrogens with one attached hydrogen (secondary N) is 1. The summed E-state index contributed by atoms with van der Waals surface area (Å²) in [6.07, 6.45) is 0.235. The normalized spacial score (nSPS) is 14.1. The van der Waals surface area contributed by atoms with Gasteiger partial charge in [0.1, 0.15) is 11.6 Å². The molecule has 0 saturated heterocycles. The van der Waals surface area contributed by atoms with E-state index in [1.165, 1.54) is 12.1 Å². The molecule has 100 valence electrons. The summed E-state index contributed by atoms with van der Waals surface area (Å²) in [4.78, 5) is 11.4. The van der Waals surface area contributed by atoms with E-state index in [9.17, 15) is 13.6 Å². The Morgan fingerprint density at radius 2 is 2.06 bits per heavy atom. The second-order valence-corrected chi connectivity index (χ2v) is 4.55. The van der Waals surface area contributed by atoms with Crippen molar-refractivity contribution in [3.63, 3.8) is 0 Å². The maximum absolute atomic E-state index is 13.5. The number of nitrogens with two attached hydrogens (primary N) is 1. The fraction of sp³-hybridized carbons (Fsp3) is 0.462. The topological polar surface area (TPSA) is 55.1 Å². The lowest BCUT2D eigenvalue weighted by atomic mass is 10.0. The molecule has 1 aromatic rings. The van der Waals surface area contributed by atoms with Crippen LogP contribution >= 0.6 is 0 Å². The third-order valence-corrected chi connectivity index (χ3v) is 2.61. The molecule has 5 heteroatoms. The van der Waals surface area contributed by atoms with Crippen LogP contribution < -0.4 is 11.1 Å². The minimum Gasteiger partial charge on any atom is -0.355 e. The van der Waals surface area contributed by atoms with E-state index in [1.807, 2.05) is 0 Å². The number of carbonyl (C=O) groups excluding carboxylic acids is 1. The van der Waals surface area contributed by atoms with Gasteiger partial charge in [-0.3, -0.25) is 4.79 Å². The van der Waals surface area contributed by atoms with Crippen molar-refractivity contribution in [3.05, 3.63) is 35.4 Å². The molecular formula is C13H18F2N2O. The molecule has 0 spiro atoms. The Bertz CT molecular complexity index is 421. The highest BCUT2D eigenvalue weighted by Gasteiger charge is 2.13. The molecule has 3 N–H and O–H groups in total. The third kappa shape index (κ3) is 4.41. The van der Waals surface area contributed by atoms with Gasteiger partial charge in [0.2, 0.25) is 5.91 Å². The van der Waals surface area contributed by atoms with Gasteiger partial charge in [-0.25, -0.2) is 8.78 Å². The number of amides is 1. The summed E-state index contributed by atoms with van der Waals surface area (Å²) in [5.74, 6) is -1.59. The van der Waals surface area contributed by atoms with E-state index >= 15 is 0 Å². The molecule has 0 radical (unpaired) electrons. The molecule has 0 aliphatic rings. The zero-order valence-electron chi connectivity index (χ0n) is 10.5. The maximum Gasteiger partial charge on any atom is 0.221 e. The van der Waals surface area contributed by atoms with Gasteiger partial charge < -0.3 is 11.1 Å². The minimum atomic E-state index is -0.607. The molecule has 2 unspecified atom stereocenters. The van der Waals surface area contributed by atoms with Gasteiger partial charge in [0.05, 0.1) is 0 Å². The first kappa shape index (κ1) is 14.6. The van der Waals surface area contributed by atoms with Crippen LogP contribution in [0.3, 0.4) is 0 Å². The van der Waals surface area contributed by atoms with E-state index in [2.05, 4.69) is 5.32 Å². The molecule has 3 nitrogen and oxygen atoms in total. The summed E-state index contributed by atoms with van der Waals surface area (Å²) < 4.78 is 26.2. The second-order valence-electron chi connectivity index (χ2n) is 4.55. The molecule has 0 fully saturated rings. The Hall–Kier alpha value is -1.49. The van der Waals surface area contributed by atoms with Crippen LogP contribution in [0.25, 0.3) is 0 Å². The molecule has 1 rings (SSSR count). The average molecular weight is 256 g/mol. The number of halogens is 2. The largest absolute Gasteiger partial charge is 0.355 e. The van der Waals surface area contributed by atoms with Crippen molar-refractivity contribution in [1.82, 2.24) is 5.32 Å². The lowest BCUT2D eigenvalue weighted by Crippen LogP contribution is -2.32. The average Bonchev–Trinajstić information content (AvgIpc) is 2.25. The van der Waals surface area contributed by atoms with Crippen molar-refractivity contribution in [2.45, 2.75) is 32.2 Å². The molecule has 0 bridgehead atoms. The maximum atomic E-state index is 13.5. The first-order chi connectivity index (χ1) is 8.40. The first-order valence-electron chi connectivity index (χ1n) is 5.87. The van der Waals surface area contributed by atoms with Crippen molar-refractivity contribution in [2.24, 2.45) is 5.73 Å². The van der Waals surface area contributed by atoms with Gasteiger partial charge in [-0.1, -0.05) is 13.0 Å². The number of carbonyl (C=O) groups is 1. The van der Waals surface area contributed by atoms with Crippen molar-refractivity contribution >= 4 is 5.91 Å². The van der Waals surface area contributed by atoms with E-state index in [-0.39, 0.29) is 24.3 Å². The van der Waals surface area contributed by atoms with Gasteiger partial charge in [-0.05, 0) is 18.6 Å². The van der Waals surface area contributed by atoms with E-state index in [4.69, 9.17) is 5.73 Å². The molecule has 1 aromatic carbocycles. The fourth-order valence-electron chi connectivity index (χ4n) is 1.64. The molecule has 0 saturated carbocycles. The summed E-state index contributed by atoms with van der Waals surface area (Å²) in [6, 6.07) is 3.24. The van der Waals surface area contributed by atoms with Gasteiger partial charge in [0.15, 0.2) is 0 Å². The molecular weight excluding hydrogens is 238 g/mol. The van der Waals surface area contributed by atoms with Crippen LogP contribution in [-0.2, 0) is 4.79 Å². The molecule has 0 heterocycles. The van der Waals surface area contributed by atoms with Crippen LogP contribution in [-0.4, -0.2) is 18.5 Å². The van der Waals surface area contributed by atoms with Crippen molar-refractivity contribution in [2.75, 3.05) is 6.54 Å². The Balaban J connectivity index is 2.55. The fourth-order valence-corrected chi connectivity index (χ4v) is 1.64. The van der Waals surface area contributed by atoms with E-state index < -0.39 is 11.6 Å². The predicted octanol–water partition coefficient (Wildman–Crippen LogP) is 1.92. The van der Waals surface area contributed by atoms with Crippen LogP contribution in [0.4, 0.5) is 8.78 Å². The standard InChI is InChI=1S/C13H18F2N2O/c1-8(7-17-13(18)5-9(2)16)11-4-3-10(14)6-12(11)15/h3-4,6,8-9H,5,7,16H2,1-2H3,(H,17,18). The Labute approximate surface area is 105 Å². The summed E-state index contributed by atoms with van der Waals surface area (Å²) in [6.45, 7) is 3.80. The highest BCUT2D eigenvalue weighted by molar-refractivity contribution is 5.76. The Morgan fingerprint density at radius 1 is 1.39 bits per heavy atom. The first-order valence-corrected chi connectivity index (χ1v) is 5.87. The zero-order chi connectivity index (χ0) is 13.7. The Morgan fingerprint density at radius 3 is 2.61 bits per heavy atom. The molecule has 0 aromatic heterocycles. The highest BCUT2D eigenvalue weighted by atomic mass is 19.1. The van der Waals surface area contributed by atoms with Crippen LogP contribution in [0.2, 0.25) is 0 Å². The summed E-state index contributed by atoms with van der Waals surface area (Å²) in [5, 5.41) is 2.67. The van der Waals surface area contributed by atoms with Crippen molar-refractivity contribution in [1.29, 1.82) is 0 Å². The summed E-state index contributed by atoms with van der Waals surface area (Å²) in [5.41, 5.74) is 5.88. The molecule has 0 aliphatic carbocycles. The van der Waals surface area contributed by atoms with Gasteiger partial charge >= 0.3 is 0 Å². The molecule has 1 amide bonds. The number of hydrogen-bond donors (Lipinski definition) is 2. The second kappa shape index (κ2) is 6.44. The molecule has 0 aliphatic heterocycles. The SMILES string of the molecule is CC(N)CC(=O)NCC(C)c1ccc(F)cc1F. The van der Waals surface area contributed by atoms with Crippen LogP contribution in [0, 0.1) is 11.6 Å². The Kier molecular flexibility index (Phi) is 5.22. The van der Waals surface area contributed by atoms with E-state index in [0.717, 1.165) is 6.07 Å². The van der Waals surface area contributed by atoms with Gasteiger partial charge in [0.25, 0.3) is 0 Å². The molecule has 2 atom stereocenters. The number of benzene rings is 1. The van der Waals surface area contributed by atoms with Crippen molar-refractivity contribution < 1.29 is 13.6 Å². The monoisotopic (exact) mass is 256 g/mol. The smallest absolute Gasteiger partial charge is 0.221 e. The number of rotatable bonds is 5. The van der Waals surface area contributed by atoms with Crippen LogP contribution in [0.15, 0.2) is 18.2 Å². The third-order valence-electron chi connectivity index (χ3n) is 2.61. The van der Waals surface area contributed by atoms with Gasteiger partial charge in [-0.2, -0.15) is 0 Å². The van der Waals surface area contributed by atoms with Gasteiger partial charge in [0, 0.05) is 31.0 Å². The predicted molar refractivity (Wildman–Crippen MR) is 66.0 cm³/mol. The number of hydrogen-bond acceptors (Lipinski definition) is 2. The molecule has 18 heavy (non-hydrogen) atoms. The van der Waals surface area contributed by atoms with Gasteiger partial charge in [-0.15, -0.1) is 0 Å². The van der Waals surface area contributed by atoms with Crippen molar-refractivity contribution in [3.8, 4) is 0 Å². The quantitative estimate of drug-likeness (QED) is 0.845. The lowest BCUT2D eigenvalue weighted by molar-refractivity contribution is -0.121. The van der Waals surface area contributed by atoms with Crippen LogP contribution in [0.1, 0.15) is 31.7 Å². The highest BCUT2D eigenvalue weighted by Crippen LogP contribution is 2.19. The summed E-state index contributed by atoms with van der Waals surface area (Å²) >= 11 is 0. The lowest BCUT2D eigenvalue weighted by Gasteiger charge is -2.14.